The summed E-state index contributed by atoms with van der Waals surface area (Å²) in [5.74, 6) is 0.964. The Bertz CT molecular complexity index is 507. The Morgan fingerprint density at radius 2 is 2.00 bits per heavy atom. The third kappa shape index (κ3) is 3.47. The lowest BCUT2D eigenvalue weighted by atomic mass is 10.1. The number of benzene rings is 1. The van der Waals surface area contributed by atoms with Crippen LogP contribution in [-0.2, 0) is 6.42 Å². The molecule has 2 rings (SSSR count). The molecule has 0 radical (unpaired) electrons. The van der Waals surface area contributed by atoms with Gasteiger partial charge < -0.3 is 9.73 Å². The summed E-state index contributed by atoms with van der Waals surface area (Å²) in [6, 6.07) is 12.7. The van der Waals surface area contributed by atoms with E-state index in [1.807, 2.05) is 12.1 Å². The molecule has 1 atom stereocenters. The molecule has 0 aliphatic rings. The molecule has 1 N–H and O–H groups in total. The Balaban J connectivity index is 1.84. The average Bonchev–Trinajstić information content (AvgIpc) is 2.78. The topological polar surface area (TPSA) is 25.2 Å². The standard InChI is InChI=1S/C15H18BrNO/c1-11-5-3-4-6-13(11)9-10-17-12(2)14-7-8-15(16)18-14/h3-8,12,17H,9-10H2,1-2H3. The lowest BCUT2D eigenvalue weighted by molar-refractivity contribution is 0.420. The van der Waals surface area contributed by atoms with Gasteiger partial charge in [-0.3, -0.25) is 0 Å². The zero-order chi connectivity index (χ0) is 13.0. The third-order valence-electron chi connectivity index (χ3n) is 3.13. The van der Waals surface area contributed by atoms with E-state index in [1.165, 1.54) is 11.1 Å². The molecule has 1 unspecified atom stereocenters. The largest absolute Gasteiger partial charge is 0.453 e. The smallest absolute Gasteiger partial charge is 0.169 e. The van der Waals surface area contributed by atoms with Gasteiger partial charge in [-0.2, -0.15) is 0 Å². The monoisotopic (exact) mass is 307 g/mol. The highest BCUT2D eigenvalue weighted by atomic mass is 79.9. The number of hydrogen-bond donors (Lipinski definition) is 1. The third-order valence-corrected chi connectivity index (χ3v) is 3.55. The first-order valence-electron chi connectivity index (χ1n) is 6.20. The van der Waals surface area contributed by atoms with Crippen LogP contribution >= 0.6 is 15.9 Å². The van der Waals surface area contributed by atoms with E-state index in [4.69, 9.17) is 4.42 Å². The maximum absolute atomic E-state index is 5.53. The van der Waals surface area contributed by atoms with E-state index in [2.05, 4.69) is 59.4 Å². The van der Waals surface area contributed by atoms with Crippen molar-refractivity contribution in [2.24, 2.45) is 0 Å². The predicted octanol–water partition coefficient (Wildman–Crippen LogP) is 4.24. The highest BCUT2D eigenvalue weighted by Crippen LogP contribution is 2.20. The molecule has 0 amide bonds. The second-order valence-corrected chi connectivity index (χ2v) is 5.28. The van der Waals surface area contributed by atoms with Crippen LogP contribution in [0, 0.1) is 6.92 Å². The van der Waals surface area contributed by atoms with Crippen LogP contribution in [-0.4, -0.2) is 6.54 Å². The summed E-state index contributed by atoms with van der Waals surface area (Å²) in [4.78, 5) is 0. The average molecular weight is 308 g/mol. The highest BCUT2D eigenvalue weighted by molar-refractivity contribution is 9.10. The van der Waals surface area contributed by atoms with Gasteiger partial charge in [0.2, 0.25) is 0 Å². The summed E-state index contributed by atoms with van der Waals surface area (Å²) >= 11 is 3.32. The van der Waals surface area contributed by atoms with Crippen molar-refractivity contribution in [2.45, 2.75) is 26.3 Å². The van der Waals surface area contributed by atoms with Gasteiger partial charge >= 0.3 is 0 Å². The van der Waals surface area contributed by atoms with Crippen molar-refractivity contribution in [3.05, 3.63) is 58.0 Å². The van der Waals surface area contributed by atoms with Gasteiger partial charge in [-0.1, -0.05) is 24.3 Å². The summed E-state index contributed by atoms with van der Waals surface area (Å²) in [5, 5.41) is 3.47. The van der Waals surface area contributed by atoms with Gasteiger partial charge in [-0.05, 0) is 66.0 Å². The molecule has 18 heavy (non-hydrogen) atoms. The zero-order valence-electron chi connectivity index (χ0n) is 10.7. The number of furan rings is 1. The Hall–Kier alpha value is -1.06. The predicted molar refractivity (Wildman–Crippen MR) is 77.7 cm³/mol. The molecule has 0 spiro atoms. The molecule has 96 valence electrons. The number of nitrogens with one attached hydrogen (secondary N) is 1. The van der Waals surface area contributed by atoms with E-state index in [9.17, 15) is 0 Å². The number of hydrogen-bond acceptors (Lipinski definition) is 2. The Morgan fingerprint density at radius 1 is 1.22 bits per heavy atom. The van der Waals surface area contributed by atoms with Crippen molar-refractivity contribution in [3.8, 4) is 0 Å². The van der Waals surface area contributed by atoms with Gasteiger partial charge in [-0.15, -0.1) is 0 Å². The second-order valence-electron chi connectivity index (χ2n) is 4.49. The van der Waals surface area contributed by atoms with Crippen molar-refractivity contribution < 1.29 is 4.42 Å². The van der Waals surface area contributed by atoms with E-state index < -0.39 is 0 Å². The number of halogens is 1. The van der Waals surface area contributed by atoms with Crippen molar-refractivity contribution in [1.29, 1.82) is 0 Å². The second kappa shape index (κ2) is 6.21. The molecule has 2 nitrogen and oxygen atoms in total. The minimum atomic E-state index is 0.236. The van der Waals surface area contributed by atoms with Crippen LogP contribution in [0.3, 0.4) is 0 Å². The minimum Gasteiger partial charge on any atom is -0.453 e. The van der Waals surface area contributed by atoms with Crippen molar-refractivity contribution in [1.82, 2.24) is 5.32 Å². The van der Waals surface area contributed by atoms with E-state index in [0.717, 1.165) is 23.4 Å². The fourth-order valence-electron chi connectivity index (χ4n) is 1.98. The molecule has 2 aromatic rings. The Labute approximate surface area is 117 Å². The molecule has 1 aromatic heterocycles. The van der Waals surface area contributed by atoms with Gasteiger partial charge in [0.15, 0.2) is 4.67 Å². The van der Waals surface area contributed by atoms with Crippen LogP contribution < -0.4 is 5.32 Å². The molecule has 0 fully saturated rings. The van der Waals surface area contributed by atoms with Gasteiger partial charge in [0.1, 0.15) is 5.76 Å². The summed E-state index contributed by atoms with van der Waals surface area (Å²) in [5.41, 5.74) is 2.76. The van der Waals surface area contributed by atoms with Crippen molar-refractivity contribution >= 4 is 15.9 Å². The SMILES string of the molecule is Cc1ccccc1CCNC(C)c1ccc(Br)o1. The number of aryl methyl sites for hydroxylation is 1. The first-order valence-corrected chi connectivity index (χ1v) is 6.99. The zero-order valence-corrected chi connectivity index (χ0v) is 12.3. The van der Waals surface area contributed by atoms with Crippen molar-refractivity contribution in [3.63, 3.8) is 0 Å². The molecular weight excluding hydrogens is 290 g/mol. The van der Waals surface area contributed by atoms with E-state index in [0.29, 0.717) is 0 Å². The van der Waals surface area contributed by atoms with Crippen molar-refractivity contribution in [2.75, 3.05) is 6.54 Å². The minimum absolute atomic E-state index is 0.236. The summed E-state index contributed by atoms with van der Waals surface area (Å²) in [7, 11) is 0. The fraction of sp³-hybridized carbons (Fsp3) is 0.333. The first-order chi connectivity index (χ1) is 8.66. The summed E-state index contributed by atoms with van der Waals surface area (Å²) < 4.78 is 6.31. The molecular formula is C15H18BrNO. The van der Waals surface area contributed by atoms with Crippen LogP contribution in [0.1, 0.15) is 29.9 Å². The molecule has 1 heterocycles. The normalized spacial score (nSPS) is 12.6. The van der Waals surface area contributed by atoms with Gasteiger partial charge in [-0.25, -0.2) is 0 Å². The first kappa shape index (κ1) is 13.4. The number of rotatable bonds is 5. The lowest BCUT2D eigenvalue weighted by Crippen LogP contribution is -2.21. The molecule has 0 aliphatic heterocycles. The van der Waals surface area contributed by atoms with Crippen LogP contribution in [0.25, 0.3) is 0 Å². The van der Waals surface area contributed by atoms with E-state index in [1.54, 1.807) is 0 Å². The highest BCUT2D eigenvalue weighted by Gasteiger charge is 2.08. The Morgan fingerprint density at radius 3 is 2.67 bits per heavy atom. The Kier molecular flexibility index (Phi) is 4.61. The van der Waals surface area contributed by atoms with Gasteiger partial charge in [0.05, 0.1) is 6.04 Å². The fourth-order valence-corrected chi connectivity index (χ4v) is 2.29. The maximum atomic E-state index is 5.53. The summed E-state index contributed by atoms with van der Waals surface area (Å²) in [6.45, 7) is 5.22. The van der Waals surface area contributed by atoms with Gasteiger partial charge in [0.25, 0.3) is 0 Å². The summed E-state index contributed by atoms with van der Waals surface area (Å²) in [6.07, 6.45) is 1.04. The molecule has 0 aliphatic carbocycles. The van der Waals surface area contributed by atoms with Gasteiger partial charge in [0, 0.05) is 0 Å². The molecule has 0 saturated carbocycles. The maximum Gasteiger partial charge on any atom is 0.169 e. The molecule has 0 bridgehead atoms. The van der Waals surface area contributed by atoms with E-state index in [-0.39, 0.29) is 6.04 Å². The molecule has 1 aromatic carbocycles. The van der Waals surface area contributed by atoms with Crippen LogP contribution in [0.15, 0.2) is 45.5 Å². The lowest BCUT2D eigenvalue weighted by Gasteiger charge is -2.12. The van der Waals surface area contributed by atoms with Crippen LogP contribution in [0.2, 0.25) is 0 Å². The van der Waals surface area contributed by atoms with Crippen LogP contribution in [0.5, 0.6) is 0 Å². The molecule has 3 heteroatoms. The molecule has 0 saturated heterocycles. The quantitative estimate of drug-likeness (QED) is 0.893. The van der Waals surface area contributed by atoms with E-state index >= 15 is 0 Å². The van der Waals surface area contributed by atoms with Crippen LogP contribution in [0.4, 0.5) is 0 Å².